The average Bonchev–Trinajstić information content (AvgIpc) is 2.88. The molecule has 0 aliphatic heterocycles. The molecule has 0 heterocycles. The second kappa shape index (κ2) is 5.65. The molecule has 0 aromatic heterocycles. The molecule has 0 N–H and O–H groups in total. The standard InChI is InChI=1S/C19H28O3/c1-11(20)22-13-4-2-12-3-5-14-15-8-9-19(21)17(15)7-6-16(14)18(12)10-13/h12-18H,2-10H2,1H3/t12-,13-,14+,15-,16+,17?,18+/m1/s1. The van der Waals surface area contributed by atoms with Gasteiger partial charge in [0.2, 0.25) is 0 Å². The highest BCUT2D eigenvalue weighted by atomic mass is 16.5. The highest BCUT2D eigenvalue weighted by Gasteiger charge is 2.51. The Kier molecular flexibility index (Phi) is 3.78. The number of carbonyl (C=O) groups excluding carboxylic acids is 2. The summed E-state index contributed by atoms with van der Waals surface area (Å²) < 4.78 is 5.53. The van der Waals surface area contributed by atoms with Crippen molar-refractivity contribution in [3.63, 3.8) is 0 Å². The molecule has 0 aromatic rings. The van der Waals surface area contributed by atoms with Crippen molar-refractivity contribution in [3.05, 3.63) is 0 Å². The number of hydrogen-bond donors (Lipinski definition) is 0. The van der Waals surface area contributed by atoms with E-state index >= 15 is 0 Å². The predicted octanol–water partition coefficient (Wildman–Crippen LogP) is 3.75. The normalized spacial score (nSPS) is 47.3. The van der Waals surface area contributed by atoms with Gasteiger partial charge in [0, 0.05) is 19.3 Å². The Balaban J connectivity index is 1.50. The maximum Gasteiger partial charge on any atom is 0.302 e. The molecule has 1 unspecified atom stereocenters. The Morgan fingerprint density at radius 2 is 1.64 bits per heavy atom. The first-order valence-corrected chi connectivity index (χ1v) is 9.33. The summed E-state index contributed by atoms with van der Waals surface area (Å²) in [5.41, 5.74) is 0. The van der Waals surface area contributed by atoms with E-state index in [2.05, 4.69) is 0 Å². The third-order valence-electron chi connectivity index (χ3n) is 7.32. The minimum atomic E-state index is -0.124. The monoisotopic (exact) mass is 304 g/mol. The van der Waals surface area contributed by atoms with Crippen LogP contribution in [0.25, 0.3) is 0 Å². The number of carbonyl (C=O) groups is 2. The molecule has 22 heavy (non-hydrogen) atoms. The Morgan fingerprint density at radius 1 is 0.909 bits per heavy atom. The van der Waals surface area contributed by atoms with Crippen molar-refractivity contribution in [2.75, 3.05) is 0 Å². The van der Waals surface area contributed by atoms with E-state index in [1.165, 1.54) is 32.6 Å². The lowest BCUT2D eigenvalue weighted by Gasteiger charge is -2.52. The topological polar surface area (TPSA) is 43.4 Å². The van der Waals surface area contributed by atoms with E-state index in [1.54, 1.807) is 0 Å². The van der Waals surface area contributed by atoms with Crippen molar-refractivity contribution in [2.45, 2.75) is 70.8 Å². The lowest BCUT2D eigenvalue weighted by molar-refractivity contribution is -0.152. The van der Waals surface area contributed by atoms with Gasteiger partial charge in [-0.05, 0) is 81.0 Å². The van der Waals surface area contributed by atoms with Crippen molar-refractivity contribution in [1.29, 1.82) is 0 Å². The second-order valence-electron chi connectivity index (χ2n) is 8.23. The van der Waals surface area contributed by atoms with Crippen LogP contribution in [0.2, 0.25) is 0 Å². The van der Waals surface area contributed by atoms with Gasteiger partial charge in [-0.1, -0.05) is 0 Å². The first kappa shape index (κ1) is 14.7. The van der Waals surface area contributed by atoms with Crippen LogP contribution in [0.3, 0.4) is 0 Å². The molecule has 4 aliphatic rings. The fourth-order valence-corrected chi connectivity index (χ4v) is 6.54. The molecule has 0 spiro atoms. The number of Topliss-reactive ketones (excluding diaryl/α,β-unsaturated/α-hetero) is 1. The molecule has 4 aliphatic carbocycles. The van der Waals surface area contributed by atoms with Gasteiger partial charge < -0.3 is 4.74 Å². The molecule has 4 fully saturated rings. The summed E-state index contributed by atoms with van der Waals surface area (Å²) in [6.07, 6.45) is 10.6. The summed E-state index contributed by atoms with van der Waals surface area (Å²) in [6.45, 7) is 1.53. The van der Waals surface area contributed by atoms with Gasteiger partial charge in [0.15, 0.2) is 0 Å². The second-order valence-corrected chi connectivity index (χ2v) is 8.23. The smallest absolute Gasteiger partial charge is 0.302 e. The molecule has 4 saturated carbocycles. The number of fused-ring (bicyclic) bond motifs is 5. The minimum Gasteiger partial charge on any atom is -0.463 e. The molecule has 122 valence electrons. The van der Waals surface area contributed by atoms with Crippen LogP contribution in [0.15, 0.2) is 0 Å². The lowest BCUT2D eigenvalue weighted by atomic mass is 9.53. The molecule has 7 atom stereocenters. The van der Waals surface area contributed by atoms with Gasteiger partial charge in [-0.2, -0.15) is 0 Å². The maximum absolute atomic E-state index is 12.1. The van der Waals surface area contributed by atoms with Crippen LogP contribution in [0.4, 0.5) is 0 Å². The molecule has 3 nitrogen and oxygen atoms in total. The summed E-state index contributed by atoms with van der Waals surface area (Å²) in [4.78, 5) is 23.4. The largest absolute Gasteiger partial charge is 0.463 e. The van der Waals surface area contributed by atoms with Gasteiger partial charge in [-0.25, -0.2) is 0 Å². The zero-order valence-electron chi connectivity index (χ0n) is 13.6. The van der Waals surface area contributed by atoms with Crippen molar-refractivity contribution >= 4 is 11.8 Å². The Hall–Kier alpha value is -0.860. The van der Waals surface area contributed by atoms with Gasteiger partial charge in [-0.3, -0.25) is 9.59 Å². The van der Waals surface area contributed by atoms with Crippen molar-refractivity contribution in [3.8, 4) is 0 Å². The van der Waals surface area contributed by atoms with E-state index in [1.807, 2.05) is 0 Å². The van der Waals surface area contributed by atoms with E-state index in [9.17, 15) is 9.59 Å². The van der Waals surface area contributed by atoms with Gasteiger partial charge in [0.05, 0.1) is 0 Å². The zero-order valence-corrected chi connectivity index (χ0v) is 13.6. The lowest BCUT2D eigenvalue weighted by Crippen LogP contribution is -2.46. The van der Waals surface area contributed by atoms with E-state index in [4.69, 9.17) is 4.74 Å². The quantitative estimate of drug-likeness (QED) is 0.693. The zero-order chi connectivity index (χ0) is 15.3. The fourth-order valence-electron chi connectivity index (χ4n) is 6.54. The van der Waals surface area contributed by atoms with Crippen LogP contribution >= 0.6 is 0 Å². The predicted molar refractivity (Wildman–Crippen MR) is 83.1 cm³/mol. The molecule has 0 aromatic carbocycles. The molecular weight excluding hydrogens is 276 g/mol. The number of ether oxygens (including phenoxy) is 1. The van der Waals surface area contributed by atoms with Gasteiger partial charge in [0.25, 0.3) is 0 Å². The maximum atomic E-state index is 12.1. The molecule has 3 heteroatoms. The van der Waals surface area contributed by atoms with E-state index in [-0.39, 0.29) is 12.1 Å². The van der Waals surface area contributed by atoms with Crippen molar-refractivity contribution in [1.82, 2.24) is 0 Å². The molecular formula is C19H28O3. The molecule has 4 rings (SSSR count). The van der Waals surface area contributed by atoms with Crippen molar-refractivity contribution in [2.24, 2.45) is 35.5 Å². The summed E-state index contributed by atoms with van der Waals surface area (Å²) in [7, 11) is 0. The van der Waals surface area contributed by atoms with E-state index < -0.39 is 0 Å². The number of hydrogen-bond acceptors (Lipinski definition) is 3. The Labute approximate surface area is 133 Å². The third-order valence-corrected chi connectivity index (χ3v) is 7.32. The van der Waals surface area contributed by atoms with Crippen LogP contribution in [-0.4, -0.2) is 17.9 Å². The molecule has 0 radical (unpaired) electrons. The number of esters is 1. The van der Waals surface area contributed by atoms with Crippen LogP contribution < -0.4 is 0 Å². The van der Waals surface area contributed by atoms with Crippen LogP contribution in [-0.2, 0) is 14.3 Å². The fraction of sp³-hybridized carbons (Fsp3) is 0.895. The van der Waals surface area contributed by atoms with E-state index in [0.29, 0.717) is 17.6 Å². The summed E-state index contributed by atoms with van der Waals surface area (Å²) in [6, 6.07) is 0. The Bertz CT molecular complexity index is 471. The highest BCUT2D eigenvalue weighted by molar-refractivity contribution is 5.83. The summed E-state index contributed by atoms with van der Waals surface area (Å²) in [5, 5.41) is 0. The molecule has 0 saturated heterocycles. The first-order chi connectivity index (χ1) is 10.6. The van der Waals surface area contributed by atoms with Crippen LogP contribution in [0.5, 0.6) is 0 Å². The van der Waals surface area contributed by atoms with Gasteiger partial charge >= 0.3 is 5.97 Å². The van der Waals surface area contributed by atoms with Crippen LogP contribution in [0.1, 0.15) is 64.7 Å². The SMILES string of the molecule is CC(=O)O[C@@H]1CC[C@@H]2CC[C@@H]3[C@H](CCC4C(=O)CC[C@@H]43)[C@H]2C1. The van der Waals surface area contributed by atoms with Gasteiger partial charge in [-0.15, -0.1) is 0 Å². The van der Waals surface area contributed by atoms with E-state index in [0.717, 1.165) is 55.8 Å². The summed E-state index contributed by atoms with van der Waals surface area (Å²) >= 11 is 0. The number of ketones is 1. The molecule has 0 amide bonds. The van der Waals surface area contributed by atoms with Crippen molar-refractivity contribution < 1.29 is 14.3 Å². The van der Waals surface area contributed by atoms with Gasteiger partial charge in [0.1, 0.15) is 11.9 Å². The average molecular weight is 304 g/mol. The summed E-state index contributed by atoms with van der Waals surface area (Å²) in [5.74, 6) is 4.67. The molecule has 0 bridgehead atoms. The highest BCUT2D eigenvalue weighted by Crippen LogP contribution is 2.57. The van der Waals surface area contributed by atoms with Crippen LogP contribution in [0, 0.1) is 35.5 Å². The minimum absolute atomic E-state index is 0.124. The Morgan fingerprint density at radius 3 is 2.45 bits per heavy atom. The number of rotatable bonds is 1. The third kappa shape index (κ3) is 2.41. The first-order valence-electron chi connectivity index (χ1n) is 9.33.